The highest BCUT2D eigenvalue weighted by Crippen LogP contribution is 2.28. The Morgan fingerprint density at radius 2 is 2.17 bits per heavy atom. The molecule has 1 atom stereocenters. The van der Waals surface area contributed by atoms with Crippen molar-refractivity contribution in [1.82, 2.24) is 10.2 Å². The van der Waals surface area contributed by atoms with E-state index in [1.807, 2.05) is 11.9 Å². The Morgan fingerprint density at radius 1 is 1.39 bits per heavy atom. The molecule has 2 rings (SSSR count). The van der Waals surface area contributed by atoms with Crippen molar-refractivity contribution in [2.75, 3.05) is 33.3 Å². The van der Waals surface area contributed by atoms with Crippen LogP contribution >= 0.6 is 0 Å². The zero-order valence-electron chi connectivity index (χ0n) is 11.5. The molecule has 0 aromatic rings. The molecule has 18 heavy (non-hydrogen) atoms. The molecule has 1 unspecified atom stereocenters. The van der Waals surface area contributed by atoms with Gasteiger partial charge in [0.1, 0.15) is 0 Å². The lowest BCUT2D eigenvalue weighted by Gasteiger charge is -2.28. The van der Waals surface area contributed by atoms with Crippen molar-refractivity contribution in [3.63, 3.8) is 0 Å². The summed E-state index contributed by atoms with van der Waals surface area (Å²) in [7, 11) is 1.90. The van der Waals surface area contributed by atoms with Crippen molar-refractivity contribution in [2.45, 2.75) is 44.6 Å². The van der Waals surface area contributed by atoms with E-state index >= 15 is 0 Å². The number of ether oxygens (including phenoxy) is 1. The number of hydrogen-bond donors (Lipinski definition) is 1. The third-order valence-electron chi connectivity index (χ3n) is 4.15. The van der Waals surface area contributed by atoms with Gasteiger partial charge in [-0.3, -0.25) is 4.79 Å². The molecule has 1 aliphatic heterocycles. The van der Waals surface area contributed by atoms with E-state index in [0.29, 0.717) is 6.42 Å². The van der Waals surface area contributed by atoms with E-state index in [4.69, 9.17) is 4.74 Å². The van der Waals surface area contributed by atoms with Crippen molar-refractivity contribution in [1.29, 1.82) is 0 Å². The van der Waals surface area contributed by atoms with E-state index in [9.17, 15) is 4.79 Å². The van der Waals surface area contributed by atoms with Gasteiger partial charge in [0, 0.05) is 33.1 Å². The first kappa shape index (κ1) is 13.8. The molecule has 1 aliphatic carbocycles. The molecular weight excluding hydrogens is 228 g/mol. The van der Waals surface area contributed by atoms with Crippen molar-refractivity contribution in [3.05, 3.63) is 0 Å². The Kier molecular flexibility index (Phi) is 5.45. The first-order chi connectivity index (χ1) is 8.75. The van der Waals surface area contributed by atoms with Crippen LogP contribution in [0.1, 0.15) is 38.5 Å². The van der Waals surface area contributed by atoms with Crippen LogP contribution in [0.3, 0.4) is 0 Å². The highest BCUT2D eigenvalue weighted by atomic mass is 16.5. The average molecular weight is 254 g/mol. The van der Waals surface area contributed by atoms with Gasteiger partial charge in [0.25, 0.3) is 0 Å². The fraction of sp³-hybridized carbons (Fsp3) is 0.929. The predicted molar refractivity (Wildman–Crippen MR) is 71.4 cm³/mol. The van der Waals surface area contributed by atoms with Crippen LogP contribution in [0.2, 0.25) is 0 Å². The molecule has 1 saturated carbocycles. The molecule has 1 N–H and O–H groups in total. The molecule has 1 amide bonds. The van der Waals surface area contributed by atoms with Crippen LogP contribution in [-0.4, -0.2) is 50.2 Å². The quantitative estimate of drug-likeness (QED) is 0.806. The number of nitrogens with one attached hydrogen (secondary N) is 1. The Labute approximate surface area is 110 Å². The number of rotatable bonds is 5. The van der Waals surface area contributed by atoms with E-state index in [1.54, 1.807) is 0 Å². The fourth-order valence-electron chi connectivity index (χ4n) is 2.96. The Morgan fingerprint density at radius 3 is 2.83 bits per heavy atom. The van der Waals surface area contributed by atoms with Gasteiger partial charge >= 0.3 is 0 Å². The minimum absolute atomic E-state index is 0.166. The van der Waals surface area contributed by atoms with Crippen molar-refractivity contribution in [3.8, 4) is 0 Å². The number of hydrogen-bond acceptors (Lipinski definition) is 3. The first-order valence-electron chi connectivity index (χ1n) is 7.32. The minimum atomic E-state index is 0.166. The third kappa shape index (κ3) is 4.25. The lowest BCUT2D eigenvalue weighted by atomic mass is 10.0. The van der Waals surface area contributed by atoms with Crippen LogP contribution in [0.15, 0.2) is 0 Å². The van der Waals surface area contributed by atoms with Gasteiger partial charge in [0.05, 0.1) is 12.7 Å². The third-order valence-corrected chi connectivity index (χ3v) is 4.15. The van der Waals surface area contributed by atoms with Gasteiger partial charge < -0.3 is 15.0 Å². The van der Waals surface area contributed by atoms with Crippen molar-refractivity contribution < 1.29 is 9.53 Å². The zero-order chi connectivity index (χ0) is 12.8. The topological polar surface area (TPSA) is 41.6 Å². The predicted octanol–water partition coefficient (Wildman–Crippen LogP) is 1.40. The van der Waals surface area contributed by atoms with E-state index in [0.717, 1.165) is 38.6 Å². The number of carbonyl (C=O) groups excluding carboxylic acids is 1. The van der Waals surface area contributed by atoms with E-state index in [1.165, 1.54) is 25.7 Å². The SMILES string of the molecule is CN(CC1CNCCO1)C(=O)CCC1CCCC1. The second-order valence-electron chi connectivity index (χ2n) is 5.66. The second kappa shape index (κ2) is 7.10. The molecule has 0 aromatic heterocycles. The Bertz CT molecular complexity index is 259. The van der Waals surface area contributed by atoms with Crippen LogP contribution in [0, 0.1) is 5.92 Å². The molecule has 4 heteroatoms. The van der Waals surface area contributed by atoms with E-state index < -0.39 is 0 Å². The number of carbonyl (C=O) groups is 1. The van der Waals surface area contributed by atoms with Crippen LogP contribution in [0.5, 0.6) is 0 Å². The lowest BCUT2D eigenvalue weighted by Crippen LogP contribution is -2.45. The number of amides is 1. The van der Waals surface area contributed by atoms with Gasteiger partial charge in [-0.1, -0.05) is 25.7 Å². The summed E-state index contributed by atoms with van der Waals surface area (Å²) in [5, 5.41) is 3.29. The standard InChI is InChI=1S/C14H26N2O2/c1-16(11-13-10-15-8-9-18-13)14(17)7-6-12-4-2-3-5-12/h12-13,15H,2-11H2,1H3. The van der Waals surface area contributed by atoms with Gasteiger partial charge in [-0.15, -0.1) is 0 Å². The van der Waals surface area contributed by atoms with E-state index in [2.05, 4.69) is 5.32 Å². The number of likely N-dealkylation sites (N-methyl/N-ethyl adjacent to an activating group) is 1. The summed E-state index contributed by atoms with van der Waals surface area (Å²) in [5.41, 5.74) is 0. The summed E-state index contributed by atoms with van der Waals surface area (Å²) < 4.78 is 5.62. The summed E-state index contributed by atoms with van der Waals surface area (Å²) >= 11 is 0. The molecular formula is C14H26N2O2. The van der Waals surface area contributed by atoms with Crippen LogP contribution in [0.25, 0.3) is 0 Å². The maximum atomic E-state index is 12.0. The normalized spacial score (nSPS) is 25.3. The van der Waals surface area contributed by atoms with Crippen LogP contribution in [-0.2, 0) is 9.53 Å². The van der Waals surface area contributed by atoms with Gasteiger partial charge in [0.2, 0.25) is 5.91 Å². The molecule has 0 radical (unpaired) electrons. The largest absolute Gasteiger partial charge is 0.374 e. The fourth-order valence-corrected chi connectivity index (χ4v) is 2.96. The van der Waals surface area contributed by atoms with Gasteiger partial charge in [-0.25, -0.2) is 0 Å². The molecule has 2 aliphatic rings. The number of morpholine rings is 1. The maximum absolute atomic E-state index is 12.0. The monoisotopic (exact) mass is 254 g/mol. The summed E-state index contributed by atoms with van der Waals surface area (Å²) in [6.07, 6.45) is 7.32. The molecule has 2 fully saturated rings. The maximum Gasteiger partial charge on any atom is 0.222 e. The molecule has 0 aromatic carbocycles. The summed E-state index contributed by atoms with van der Waals surface area (Å²) in [6, 6.07) is 0. The van der Waals surface area contributed by atoms with Crippen LogP contribution in [0.4, 0.5) is 0 Å². The van der Waals surface area contributed by atoms with Crippen molar-refractivity contribution in [2.24, 2.45) is 5.92 Å². The van der Waals surface area contributed by atoms with E-state index in [-0.39, 0.29) is 12.0 Å². The summed E-state index contributed by atoms with van der Waals surface area (Å²) in [6.45, 7) is 3.27. The molecule has 0 spiro atoms. The highest BCUT2D eigenvalue weighted by Gasteiger charge is 2.20. The molecule has 104 valence electrons. The van der Waals surface area contributed by atoms with Crippen molar-refractivity contribution >= 4 is 5.91 Å². The molecule has 1 saturated heterocycles. The smallest absolute Gasteiger partial charge is 0.222 e. The second-order valence-corrected chi connectivity index (χ2v) is 5.66. The lowest BCUT2D eigenvalue weighted by molar-refractivity contribution is -0.132. The number of nitrogens with zero attached hydrogens (tertiary/aromatic N) is 1. The van der Waals surface area contributed by atoms with Gasteiger partial charge in [-0.2, -0.15) is 0 Å². The summed E-state index contributed by atoms with van der Waals surface area (Å²) in [5.74, 6) is 1.08. The first-order valence-corrected chi connectivity index (χ1v) is 7.32. The van der Waals surface area contributed by atoms with Gasteiger partial charge in [0.15, 0.2) is 0 Å². The Hall–Kier alpha value is -0.610. The zero-order valence-corrected chi connectivity index (χ0v) is 11.5. The average Bonchev–Trinajstić information content (AvgIpc) is 2.90. The van der Waals surface area contributed by atoms with Gasteiger partial charge in [-0.05, 0) is 12.3 Å². The molecule has 0 bridgehead atoms. The highest BCUT2D eigenvalue weighted by molar-refractivity contribution is 5.75. The molecule has 4 nitrogen and oxygen atoms in total. The van der Waals surface area contributed by atoms with Crippen LogP contribution < -0.4 is 5.32 Å². The Balaban J connectivity index is 1.63. The molecule has 1 heterocycles. The summed E-state index contributed by atoms with van der Waals surface area (Å²) in [4.78, 5) is 13.9. The minimum Gasteiger partial charge on any atom is -0.374 e.